The number of hydrazone groups is 1. The number of hydrogen-bond acceptors (Lipinski definition) is 7. The number of hydrogen-bond donors (Lipinski definition) is 2. The van der Waals surface area contributed by atoms with Crippen molar-refractivity contribution in [3.8, 4) is 11.3 Å². The number of nitrogens with one attached hydrogen (secondary N) is 1. The molecule has 3 aromatic rings. The first-order valence-corrected chi connectivity index (χ1v) is 7.78. The molecule has 0 aliphatic carbocycles. The second kappa shape index (κ2) is 7.48. The first kappa shape index (κ1) is 17.8. The summed E-state index contributed by atoms with van der Waals surface area (Å²) < 4.78 is 5.68. The highest BCUT2D eigenvalue weighted by atomic mass is 16.6. The maximum atomic E-state index is 11.1. The second-order valence-corrected chi connectivity index (χ2v) is 5.57. The van der Waals surface area contributed by atoms with E-state index in [1.54, 1.807) is 24.3 Å². The molecule has 0 radical (unpaired) electrons. The number of nitrogens with zero attached hydrogens (tertiary/aromatic N) is 3. The SMILES string of the molecule is Cc1ccc(C(=O)O)cc1-c1ccc(/C=N/Nc2ccc([N+](=O)[O-])cn2)o1. The number of nitro groups is 1. The molecule has 0 saturated carbocycles. The van der Waals surface area contributed by atoms with Crippen LogP contribution in [-0.4, -0.2) is 27.2 Å². The van der Waals surface area contributed by atoms with Crippen LogP contribution in [-0.2, 0) is 0 Å². The molecule has 1 aromatic carbocycles. The third kappa shape index (κ3) is 4.15. The van der Waals surface area contributed by atoms with Gasteiger partial charge in [0.1, 0.15) is 23.5 Å². The maximum Gasteiger partial charge on any atom is 0.335 e. The molecule has 9 nitrogen and oxygen atoms in total. The standard InChI is InChI=1S/C18H14N4O5/c1-11-2-3-12(18(23)24)8-15(11)16-6-5-14(27-16)10-20-21-17-7-4-13(9-19-17)22(25)26/h2-10H,1H3,(H,19,21)(H,23,24)/b20-10+. The monoisotopic (exact) mass is 366 g/mol. The van der Waals surface area contributed by atoms with Gasteiger partial charge in [-0.15, -0.1) is 0 Å². The summed E-state index contributed by atoms with van der Waals surface area (Å²) in [6.07, 6.45) is 2.55. The van der Waals surface area contributed by atoms with Crippen molar-refractivity contribution in [3.63, 3.8) is 0 Å². The Bertz CT molecular complexity index is 1020. The zero-order valence-electron chi connectivity index (χ0n) is 14.1. The molecule has 0 fully saturated rings. The average Bonchev–Trinajstić information content (AvgIpc) is 3.11. The van der Waals surface area contributed by atoms with Crippen LogP contribution < -0.4 is 5.43 Å². The van der Waals surface area contributed by atoms with Gasteiger partial charge >= 0.3 is 5.97 Å². The van der Waals surface area contributed by atoms with Crippen molar-refractivity contribution in [2.45, 2.75) is 6.92 Å². The van der Waals surface area contributed by atoms with E-state index in [0.29, 0.717) is 22.9 Å². The molecular formula is C18H14N4O5. The molecule has 0 atom stereocenters. The van der Waals surface area contributed by atoms with Crippen LogP contribution in [0.5, 0.6) is 0 Å². The van der Waals surface area contributed by atoms with Crippen LogP contribution in [0.2, 0.25) is 0 Å². The number of aryl methyl sites for hydroxylation is 1. The van der Waals surface area contributed by atoms with E-state index in [9.17, 15) is 14.9 Å². The molecule has 0 saturated heterocycles. The van der Waals surface area contributed by atoms with Gasteiger partial charge in [0.25, 0.3) is 5.69 Å². The lowest BCUT2D eigenvalue weighted by Crippen LogP contribution is -1.97. The Morgan fingerprint density at radius 3 is 2.78 bits per heavy atom. The smallest absolute Gasteiger partial charge is 0.335 e. The molecule has 0 spiro atoms. The van der Waals surface area contributed by atoms with Gasteiger partial charge in [-0.2, -0.15) is 5.10 Å². The minimum absolute atomic E-state index is 0.112. The lowest BCUT2D eigenvalue weighted by molar-refractivity contribution is -0.385. The molecule has 0 bridgehead atoms. The molecule has 0 aliphatic heterocycles. The van der Waals surface area contributed by atoms with Crippen molar-refractivity contribution in [2.24, 2.45) is 5.10 Å². The average molecular weight is 366 g/mol. The van der Waals surface area contributed by atoms with Crippen LogP contribution in [0, 0.1) is 17.0 Å². The number of carboxylic acids is 1. The second-order valence-electron chi connectivity index (χ2n) is 5.57. The van der Waals surface area contributed by atoms with Gasteiger partial charge in [0.2, 0.25) is 0 Å². The quantitative estimate of drug-likeness (QED) is 0.386. The van der Waals surface area contributed by atoms with E-state index in [1.807, 2.05) is 6.92 Å². The largest absolute Gasteiger partial charge is 0.478 e. The zero-order chi connectivity index (χ0) is 19.4. The summed E-state index contributed by atoms with van der Waals surface area (Å²) in [7, 11) is 0. The lowest BCUT2D eigenvalue weighted by atomic mass is 10.0. The van der Waals surface area contributed by atoms with E-state index in [1.165, 1.54) is 24.4 Å². The number of furan rings is 1. The molecular weight excluding hydrogens is 352 g/mol. The Hall–Kier alpha value is -4.01. The molecule has 2 aromatic heterocycles. The van der Waals surface area contributed by atoms with Crippen LogP contribution in [0.4, 0.5) is 11.5 Å². The summed E-state index contributed by atoms with van der Waals surface area (Å²) in [5.74, 6) is 0.295. The first-order chi connectivity index (χ1) is 12.9. The van der Waals surface area contributed by atoms with E-state index in [2.05, 4.69) is 15.5 Å². The molecule has 2 N–H and O–H groups in total. The molecule has 27 heavy (non-hydrogen) atoms. The van der Waals surface area contributed by atoms with Gasteiger partial charge in [-0.1, -0.05) is 6.07 Å². The summed E-state index contributed by atoms with van der Waals surface area (Å²) in [4.78, 5) is 25.0. The number of pyridine rings is 1. The normalized spacial score (nSPS) is 10.9. The zero-order valence-corrected chi connectivity index (χ0v) is 14.1. The summed E-state index contributed by atoms with van der Waals surface area (Å²) >= 11 is 0. The molecule has 9 heteroatoms. The van der Waals surface area contributed by atoms with Crippen LogP contribution in [0.3, 0.4) is 0 Å². The van der Waals surface area contributed by atoms with Crippen molar-refractivity contribution < 1.29 is 19.2 Å². The van der Waals surface area contributed by atoms with Gasteiger partial charge in [0, 0.05) is 11.6 Å². The Morgan fingerprint density at radius 2 is 2.11 bits per heavy atom. The molecule has 3 rings (SSSR count). The third-order valence-corrected chi connectivity index (χ3v) is 3.71. The fraction of sp³-hybridized carbons (Fsp3) is 0.0556. The minimum atomic E-state index is -1.01. The summed E-state index contributed by atoms with van der Waals surface area (Å²) in [5, 5.41) is 23.7. The van der Waals surface area contributed by atoms with E-state index < -0.39 is 10.9 Å². The topological polar surface area (TPSA) is 131 Å². The van der Waals surface area contributed by atoms with Gasteiger partial charge < -0.3 is 9.52 Å². The Labute approximate surface area is 153 Å². The number of aromatic nitrogens is 1. The highest BCUT2D eigenvalue weighted by Crippen LogP contribution is 2.26. The number of anilines is 1. The van der Waals surface area contributed by atoms with Crippen LogP contribution >= 0.6 is 0 Å². The van der Waals surface area contributed by atoms with Gasteiger partial charge in [0.05, 0.1) is 16.7 Å². The van der Waals surface area contributed by atoms with E-state index in [4.69, 9.17) is 9.52 Å². The number of aromatic carboxylic acids is 1. The fourth-order valence-corrected chi connectivity index (χ4v) is 2.31. The van der Waals surface area contributed by atoms with E-state index in [0.717, 1.165) is 11.8 Å². The summed E-state index contributed by atoms with van der Waals surface area (Å²) in [5.41, 5.74) is 4.26. The Morgan fingerprint density at radius 1 is 1.30 bits per heavy atom. The number of benzene rings is 1. The van der Waals surface area contributed by atoms with Crippen molar-refractivity contribution in [1.29, 1.82) is 0 Å². The number of carbonyl (C=O) groups is 1. The predicted octanol–water partition coefficient (Wildman–Crippen LogP) is 3.70. The molecule has 0 amide bonds. The van der Waals surface area contributed by atoms with Crippen molar-refractivity contribution in [1.82, 2.24) is 4.98 Å². The van der Waals surface area contributed by atoms with Crippen molar-refractivity contribution >= 4 is 23.7 Å². The highest BCUT2D eigenvalue weighted by Gasteiger charge is 2.11. The van der Waals surface area contributed by atoms with Crippen LogP contribution in [0.15, 0.2) is 58.2 Å². The maximum absolute atomic E-state index is 11.1. The van der Waals surface area contributed by atoms with E-state index in [-0.39, 0.29) is 11.3 Å². The van der Waals surface area contributed by atoms with Gasteiger partial charge in [-0.25, -0.2) is 9.78 Å². The van der Waals surface area contributed by atoms with Crippen LogP contribution in [0.1, 0.15) is 21.7 Å². The van der Waals surface area contributed by atoms with Gasteiger partial charge in [-0.05, 0) is 42.8 Å². The molecule has 136 valence electrons. The lowest BCUT2D eigenvalue weighted by Gasteiger charge is -2.04. The highest BCUT2D eigenvalue weighted by molar-refractivity contribution is 5.89. The number of carboxylic acid groups (broad SMARTS) is 1. The van der Waals surface area contributed by atoms with Gasteiger partial charge in [0.15, 0.2) is 0 Å². The Kier molecular flexibility index (Phi) is 4.93. The van der Waals surface area contributed by atoms with Crippen LogP contribution in [0.25, 0.3) is 11.3 Å². The van der Waals surface area contributed by atoms with Gasteiger partial charge in [-0.3, -0.25) is 15.5 Å². The Balaban J connectivity index is 1.72. The fourth-order valence-electron chi connectivity index (χ4n) is 2.31. The molecule has 0 unspecified atom stereocenters. The third-order valence-electron chi connectivity index (χ3n) is 3.71. The summed E-state index contributed by atoms with van der Waals surface area (Å²) in [6.45, 7) is 1.86. The molecule has 2 heterocycles. The predicted molar refractivity (Wildman–Crippen MR) is 97.9 cm³/mol. The summed E-state index contributed by atoms with van der Waals surface area (Å²) in [6, 6.07) is 11.0. The van der Waals surface area contributed by atoms with Crippen molar-refractivity contribution in [2.75, 3.05) is 5.43 Å². The van der Waals surface area contributed by atoms with Crippen molar-refractivity contribution in [3.05, 3.63) is 75.7 Å². The van der Waals surface area contributed by atoms with E-state index >= 15 is 0 Å². The number of rotatable bonds is 6. The molecule has 0 aliphatic rings. The minimum Gasteiger partial charge on any atom is -0.478 e. The first-order valence-electron chi connectivity index (χ1n) is 7.78.